The number of benzene rings is 1. The van der Waals surface area contributed by atoms with Crippen LogP contribution in [0, 0.1) is 11.3 Å². The fourth-order valence-electron chi connectivity index (χ4n) is 1.73. The summed E-state index contributed by atoms with van der Waals surface area (Å²) in [4.78, 5) is 5.79. The number of halogens is 1. The monoisotopic (exact) mass is 273 g/mol. The number of nitriles is 1. The molecule has 0 fully saturated rings. The first kappa shape index (κ1) is 13.2. The first-order chi connectivity index (χ1) is 9.15. The fourth-order valence-corrected chi connectivity index (χ4v) is 1.88. The first-order valence-corrected chi connectivity index (χ1v) is 5.97. The van der Waals surface area contributed by atoms with Crippen LogP contribution in [0.4, 0.5) is 11.4 Å². The van der Waals surface area contributed by atoms with E-state index < -0.39 is 0 Å². The van der Waals surface area contributed by atoms with E-state index in [4.69, 9.17) is 21.6 Å². The summed E-state index contributed by atoms with van der Waals surface area (Å²) in [5, 5.41) is 9.46. The smallest absolute Gasteiger partial charge is 0.131 e. The van der Waals surface area contributed by atoms with Crippen LogP contribution in [0.5, 0.6) is 5.75 Å². The quantitative estimate of drug-likeness (QED) is 0.805. The van der Waals surface area contributed by atoms with Gasteiger partial charge in [0.05, 0.1) is 18.4 Å². The zero-order valence-corrected chi connectivity index (χ0v) is 11.3. The predicted molar refractivity (Wildman–Crippen MR) is 75.0 cm³/mol. The summed E-state index contributed by atoms with van der Waals surface area (Å²) in [6.45, 7) is 0. The van der Waals surface area contributed by atoms with Gasteiger partial charge in [-0.3, -0.25) is 0 Å². The molecule has 2 rings (SSSR count). The molecule has 1 heterocycles. The number of nitrogens with zero attached hydrogens (tertiary/aromatic N) is 3. The molecule has 2 aromatic rings. The second kappa shape index (κ2) is 5.59. The summed E-state index contributed by atoms with van der Waals surface area (Å²) >= 11 is 5.89. The number of anilines is 2. The highest BCUT2D eigenvalue weighted by atomic mass is 35.5. The molecule has 0 saturated carbocycles. The van der Waals surface area contributed by atoms with Crippen LogP contribution in [0.1, 0.15) is 5.56 Å². The maximum absolute atomic E-state index is 9.11. The third kappa shape index (κ3) is 2.78. The van der Waals surface area contributed by atoms with E-state index in [2.05, 4.69) is 11.1 Å². The third-order valence-electron chi connectivity index (χ3n) is 2.79. The van der Waals surface area contributed by atoms with Crippen molar-refractivity contribution >= 4 is 23.0 Å². The standard InChI is InChI=1S/C14H12ClN3O/c1-18(11-3-5-12(19-2)6-4-11)13-7-14(15)17-9-10(13)8-16/h3-7,9H,1-2H3. The molecule has 19 heavy (non-hydrogen) atoms. The van der Waals surface area contributed by atoms with E-state index in [0.29, 0.717) is 16.4 Å². The van der Waals surface area contributed by atoms with Crippen molar-refractivity contribution in [2.24, 2.45) is 0 Å². The maximum atomic E-state index is 9.11. The van der Waals surface area contributed by atoms with Gasteiger partial charge < -0.3 is 9.64 Å². The lowest BCUT2D eigenvalue weighted by Crippen LogP contribution is -2.11. The molecule has 1 aromatic carbocycles. The van der Waals surface area contributed by atoms with Crippen molar-refractivity contribution in [2.45, 2.75) is 0 Å². The molecule has 0 aliphatic rings. The molecule has 0 N–H and O–H groups in total. The van der Waals surface area contributed by atoms with Crippen molar-refractivity contribution in [1.82, 2.24) is 4.98 Å². The summed E-state index contributed by atoms with van der Waals surface area (Å²) in [7, 11) is 3.49. The van der Waals surface area contributed by atoms with Gasteiger partial charge in [-0.05, 0) is 24.3 Å². The lowest BCUT2D eigenvalue weighted by atomic mass is 10.2. The summed E-state index contributed by atoms with van der Waals surface area (Å²) in [5.41, 5.74) is 2.12. The summed E-state index contributed by atoms with van der Waals surface area (Å²) in [6.07, 6.45) is 1.47. The minimum absolute atomic E-state index is 0.356. The van der Waals surface area contributed by atoms with Crippen LogP contribution in [0.15, 0.2) is 36.5 Å². The number of aromatic nitrogens is 1. The van der Waals surface area contributed by atoms with Gasteiger partial charge in [0.15, 0.2) is 0 Å². The van der Waals surface area contributed by atoms with Crippen LogP contribution in [0.3, 0.4) is 0 Å². The van der Waals surface area contributed by atoms with E-state index in [1.807, 2.05) is 36.2 Å². The molecular formula is C14H12ClN3O. The average molecular weight is 274 g/mol. The van der Waals surface area contributed by atoms with E-state index >= 15 is 0 Å². The summed E-state index contributed by atoms with van der Waals surface area (Å²) in [6, 6.07) is 11.3. The molecule has 0 atom stereocenters. The van der Waals surface area contributed by atoms with Crippen molar-refractivity contribution in [3.63, 3.8) is 0 Å². The minimum atomic E-state index is 0.356. The number of hydrogen-bond donors (Lipinski definition) is 0. The highest BCUT2D eigenvalue weighted by molar-refractivity contribution is 6.29. The van der Waals surface area contributed by atoms with Gasteiger partial charge in [-0.2, -0.15) is 5.26 Å². The molecule has 5 heteroatoms. The van der Waals surface area contributed by atoms with Crippen LogP contribution in [-0.4, -0.2) is 19.1 Å². The number of ether oxygens (including phenoxy) is 1. The Morgan fingerprint density at radius 1 is 1.32 bits per heavy atom. The zero-order chi connectivity index (χ0) is 13.8. The molecule has 1 aromatic heterocycles. The van der Waals surface area contributed by atoms with Gasteiger partial charge in [-0.1, -0.05) is 11.6 Å². The van der Waals surface area contributed by atoms with Crippen LogP contribution in [0.2, 0.25) is 5.15 Å². The largest absolute Gasteiger partial charge is 0.497 e. The van der Waals surface area contributed by atoms with E-state index in [1.165, 1.54) is 6.20 Å². The molecular weight excluding hydrogens is 262 g/mol. The van der Waals surface area contributed by atoms with Gasteiger partial charge >= 0.3 is 0 Å². The Bertz CT molecular complexity index is 620. The number of pyridine rings is 1. The Hall–Kier alpha value is -2.25. The zero-order valence-electron chi connectivity index (χ0n) is 10.6. The second-order valence-electron chi connectivity index (χ2n) is 3.89. The van der Waals surface area contributed by atoms with Crippen LogP contribution in [-0.2, 0) is 0 Å². The van der Waals surface area contributed by atoms with E-state index in [-0.39, 0.29) is 0 Å². The van der Waals surface area contributed by atoms with Gasteiger partial charge in [0.25, 0.3) is 0 Å². The lowest BCUT2D eigenvalue weighted by Gasteiger charge is -2.20. The number of methoxy groups -OCH3 is 1. The van der Waals surface area contributed by atoms with Crippen molar-refractivity contribution in [2.75, 3.05) is 19.1 Å². The molecule has 0 saturated heterocycles. The lowest BCUT2D eigenvalue weighted by molar-refractivity contribution is 0.415. The van der Waals surface area contributed by atoms with E-state index in [0.717, 1.165) is 11.4 Å². The maximum Gasteiger partial charge on any atom is 0.131 e. The van der Waals surface area contributed by atoms with Gasteiger partial charge in [0.2, 0.25) is 0 Å². The second-order valence-corrected chi connectivity index (χ2v) is 4.28. The van der Waals surface area contributed by atoms with Crippen molar-refractivity contribution in [1.29, 1.82) is 5.26 Å². The Labute approximate surface area is 116 Å². The summed E-state index contributed by atoms with van der Waals surface area (Å²) < 4.78 is 5.12. The molecule has 0 radical (unpaired) electrons. The predicted octanol–water partition coefficient (Wildman–Crippen LogP) is 3.38. The molecule has 0 aliphatic heterocycles. The van der Waals surface area contributed by atoms with Gasteiger partial charge in [-0.15, -0.1) is 0 Å². The van der Waals surface area contributed by atoms with Crippen LogP contribution < -0.4 is 9.64 Å². The summed E-state index contributed by atoms with van der Waals surface area (Å²) in [5.74, 6) is 0.783. The molecule has 0 spiro atoms. The fraction of sp³-hybridized carbons (Fsp3) is 0.143. The molecule has 0 unspecified atom stereocenters. The Morgan fingerprint density at radius 3 is 2.58 bits per heavy atom. The van der Waals surface area contributed by atoms with E-state index in [9.17, 15) is 0 Å². The van der Waals surface area contributed by atoms with Crippen molar-refractivity contribution in [3.05, 3.63) is 47.2 Å². The Balaban J connectivity index is 2.40. The number of hydrogen-bond acceptors (Lipinski definition) is 4. The van der Waals surface area contributed by atoms with Crippen molar-refractivity contribution in [3.8, 4) is 11.8 Å². The molecule has 4 nitrogen and oxygen atoms in total. The normalized spacial score (nSPS) is 9.79. The van der Waals surface area contributed by atoms with Gasteiger partial charge in [0, 0.05) is 25.0 Å². The van der Waals surface area contributed by atoms with Gasteiger partial charge in [-0.25, -0.2) is 4.98 Å². The minimum Gasteiger partial charge on any atom is -0.497 e. The molecule has 0 aliphatic carbocycles. The van der Waals surface area contributed by atoms with Crippen LogP contribution >= 0.6 is 11.6 Å². The highest BCUT2D eigenvalue weighted by Crippen LogP contribution is 2.29. The molecule has 0 bridgehead atoms. The third-order valence-corrected chi connectivity index (χ3v) is 3.00. The SMILES string of the molecule is COc1ccc(N(C)c2cc(Cl)ncc2C#N)cc1. The Kier molecular flexibility index (Phi) is 3.88. The van der Waals surface area contributed by atoms with E-state index in [1.54, 1.807) is 13.2 Å². The topological polar surface area (TPSA) is 49.1 Å². The highest BCUT2D eigenvalue weighted by Gasteiger charge is 2.10. The first-order valence-electron chi connectivity index (χ1n) is 5.59. The number of rotatable bonds is 3. The Morgan fingerprint density at radius 2 is 2.00 bits per heavy atom. The molecule has 0 amide bonds. The average Bonchev–Trinajstić information content (AvgIpc) is 2.46. The molecule has 96 valence electrons. The van der Waals surface area contributed by atoms with Crippen LogP contribution in [0.25, 0.3) is 0 Å². The van der Waals surface area contributed by atoms with Crippen molar-refractivity contribution < 1.29 is 4.74 Å². The van der Waals surface area contributed by atoms with Gasteiger partial charge in [0.1, 0.15) is 17.0 Å².